The van der Waals surface area contributed by atoms with E-state index >= 15 is 0 Å². The number of aryl methyl sites for hydroxylation is 2. The van der Waals surface area contributed by atoms with Crippen LogP contribution in [0.1, 0.15) is 30.5 Å². The summed E-state index contributed by atoms with van der Waals surface area (Å²) < 4.78 is 5.87. The van der Waals surface area contributed by atoms with Gasteiger partial charge in [0.1, 0.15) is 0 Å². The molecule has 0 spiro atoms. The molecule has 1 atom stereocenters. The van der Waals surface area contributed by atoms with Gasteiger partial charge in [-0.05, 0) is 30.9 Å². The number of rotatable bonds is 6. The van der Waals surface area contributed by atoms with Crippen molar-refractivity contribution in [1.29, 1.82) is 0 Å². The summed E-state index contributed by atoms with van der Waals surface area (Å²) >= 11 is 0. The summed E-state index contributed by atoms with van der Waals surface area (Å²) in [4.78, 5) is 2.53. The second kappa shape index (κ2) is 7.92. The zero-order valence-corrected chi connectivity index (χ0v) is 14.0. The monoisotopic (exact) mass is 290 g/mol. The van der Waals surface area contributed by atoms with Crippen molar-refractivity contribution in [3.63, 3.8) is 0 Å². The second-order valence-electron chi connectivity index (χ2n) is 6.71. The molecule has 2 rings (SSSR count). The number of hydrogen-bond acceptors (Lipinski definition) is 3. The van der Waals surface area contributed by atoms with Gasteiger partial charge in [-0.15, -0.1) is 0 Å². The van der Waals surface area contributed by atoms with Crippen LogP contribution in [-0.4, -0.2) is 43.8 Å². The van der Waals surface area contributed by atoms with Crippen LogP contribution in [0.4, 0.5) is 0 Å². The molecule has 1 unspecified atom stereocenters. The van der Waals surface area contributed by atoms with Crippen molar-refractivity contribution in [2.24, 2.45) is 5.92 Å². The SMILES string of the molecule is Cc1ccc(CNCC2CN(CC(C)C)CCO2)c(C)c1. The fourth-order valence-corrected chi connectivity index (χ4v) is 3.00. The number of nitrogens with zero attached hydrogens (tertiary/aromatic N) is 1. The van der Waals surface area contributed by atoms with E-state index in [2.05, 4.69) is 56.1 Å². The van der Waals surface area contributed by atoms with Crippen molar-refractivity contribution < 1.29 is 4.74 Å². The molecule has 1 aromatic rings. The number of benzene rings is 1. The van der Waals surface area contributed by atoms with Crippen molar-refractivity contribution >= 4 is 0 Å². The van der Waals surface area contributed by atoms with Gasteiger partial charge in [-0.25, -0.2) is 0 Å². The summed E-state index contributed by atoms with van der Waals surface area (Å²) in [6.45, 7) is 14.9. The average molecular weight is 290 g/mol. The number of hydrogen-bond donors (Lipinski definition) is 1. The molecule has 0 aliphatic carbocycles. The van der Waals surface area contributed by atoms with Crippen LogP contribution in [0.3, 0.4) is 0 Å². The van der Waals surface area contributed by atoms with Crippen molar-refractivity contribution in [2.75, 3.05) is 32.8 Å². The fraction of sp³-hybridized carbons (Fsp3) is 0.667. The quantitative estimate of drug-likeness (QED) is 0.872. The molecular weight excluding hydrogens is 260 g/mol. The topological polar surface area (TPSA) is 24.5 Å². The minimum atomic E-state index is 0.322. The highest BCUT2D eigenvalue weighted by molar-refractivity contribution is 5.30. The minimum Gasteiger partial charge on any atom is -0.374 e. The molecule has 1 N–H and O–H groups in total. The third-order valence-corrected chi connectivity index (χ3v) is 4.03. The van der Waals surface area contributed by atoms with E-state index in [9.17, 15) is 0 Å². The van der Waals surface area contributed by atoms with Gasteiger partial charge in [-0.1, -0.05) is 37.6 Å². The van der Waals surface area contributed by atoms with E-state index in [4.69, 9.17) is 4.74 Å². The van der Waals surface area contributed by atoms with Gasteiger partial charge in [-0.3, -0.25) is 4.90 Å². The van der Waals surface area contributed by atoms with E-state index in [0.29, 0.717) is 6.10 Å². The predicted octanol–water partition coefficient (Wildman–Crippen LogP) is 2.75. The Morgan fingerprint density at radius 1 is 1.33 bits per heavy atom. The maximum atomic E-state index is 5.87. The normalized spacial score (nSPS) is 20.1. The molecule has 0 radical (unpaired) electrons. The third-order valence-electron chi connectivity index (χ3n) is 4.03. The van der Waals surface area contributed by atoms with Crippen LogP contribution in [-0.2, 0) is 11.3 Å². The first-order chi connectivity index (χ1) is 10.0. The number of morpholine rings is 1. The highest BCUT2D eigenvalue weighted by Gasteiger charge is 2.20. The Balaban J connectivity index is 1.75. The molecule has 1 aromatic carbocycles. The Morgan fingerprint density at radius 3 is 2.86 bits per heavy atom. The van der Waals surface area contributed by atoms with Crippen LogP contribution < -0.4 is 5.32 Å². The van der Waals surface area contributed by atoms with Crippen LogP contribution in [0.25, 0.3) is 0 Å². The highest BCUT2D eigenvalue weighted by atomic mass is 16.5. The predicted molar refractivity (Wildman–Crippen MR) is 88.6 cm³/mol. The molecule has 1 heterocycles. The van der Waals surface area contributed by atoms with E-state index in [-0.39, 0.29) is 0 Å². The molecule has 0 amide bonds. The lowest BCUT2D eigenvalue weighted by atomic mass is 10.1. The van der Waals surface area contributed by atoms with Crippen LogP contribution in [0.2, 0.25) is 0 Å². The van der Waals surface area contributed by atoms with Gasteiger partial charge >= 0.3 is 0 Å². The molecule has 0 aromatic heterocycles. The van der Waals surface area contributed by atoms with Gasteiger partial charge in [0.15, 0.2) is 0 Å². The smallest absolute Gasteiger partial charge is 0.0826 e. The van der Waals surface area contributed by atoms with Crippen LogP contribution in [0, 0.1) is 19.8 Å². The van der Waals surface area contributed by atoms with Crippen LogP contribution in [0.15, 0.2) is 18.2 Å². The molecule has 118 valence electrons. The first-order valence-electron chi connectivity index (χ1n) is 8.15. The maximum Gasteiger partial charge on any atom is 0.0826 e. The zero-order chi connectivity index (χ0) is 15.2. The molecule has 1 saturated heterocycles. The number of nitrogens with one attached hydrogen (secondary N) is 1. The summed E-state index contributed by atoms with van der Waals surface area (Å²) in [5.74, 6) is 0.729. The Hall–Kier alpha value is -0.900. The van der Waals surface area contributed by atoms with Gasteiger partial charge in [0.05, 0.1) is 12.7 Å². The molecule has 1 fully saturated rings. The first-order valence-corrected chi connectivity index (χ1v) is 8.15. The van der Waals surface area contributed by atoms with E-state index in [0.717, 1.165) is 38.7 Å². The van der Waals surface area contributed by atoms with E-state index < -0.39 is 0 Å². The van der Waals surface area contributed by atoms with Crippen molar-refractivity contribution in [2.45, 2.75) is 40.3 Å². The van der Waals surface area contributed by atoms with Gasteiger partial charge < -0.3 is 10.1 Å². The van der Waals surface area contributed by atoms with Gasteiger partial charge in [0.25, 0.3) is 0 Å². The highest BCUT2D eigenvalue weighted by Crippen LogP contribution is 2.11. The van der Waals surface area contributed by atoms with Crippen molar-refractivity contribution in [3.05, 3.63) is 34.9 Å². The Kier molecular flexibility index (Phi) is 6.22. The lowest BCUT2D eigenvalue weighted by molar-refractivity contribution is -0.0303. The summed E-state index contributed by atoms with van der Waals surface area (Å²) in [6.07, 6.45) is 0.322. The molecule has 21 heavy (non-hydrogen) atoms. The second-order valence-corrected chi connectivity index (χ2v) is 6.71. The summed E-state index contributed by atoms with van der Waals surface area (Å²) in [7, 11) is 0. The maximum absolute atomic E-state index is 5.87. The molecule has 3 heteroatoms. The van der Waals surface area contributed by atoms with Crippen molar-refractivity contribution in [1.82, 2.24) is 10.2 Å². The van der Waals surface area contributed by atoms with Gasteiger partial charge in [0.2, 0.25) is 0 Å². The molecular formula is C18H30N2O. The first kappa shape index (κ1) is 16.5. The standard InChI is InChI=1S/C18H30N2O/c1-14(2)12-20-7-8-21-18(13-20)11-19-10-17-6-5-15(3)9-16(17)4/h5-6,9,14,18-19H,7-8,10-13H2,1-4H3. The largest absolute Gasteiger partial charge is 0.374 e. The lowest BCUT2D eigenvalue weighted by Crippen LogP contribution is -2.47. The van der Waals surface area contributed by atoms with E-state index in [1.807, 2.05) is 0 Å². The molecule has 0 bridgehead atoms. The zero-order valence-electron chi connectivity index (χ0n) is 14.0. The Labute approximate surface area is 129 Å². The summed E-state index contributed by atoms with van der Waals surface area (Å²) in [5.41, 5.74) is 4.08. The lowest BCUT2D eigenvalue weighted by Gasteiger charge is -2.34. The van der Waals surface area contributed by atoms with E-state index in [1.165, 1.54) is 23.2 Å². The van der Waals surface area contributed by atoms with Crippen molar-refractivity contribution in [3.8, 4) is 0 Å². The summed E-state index contributed by atoms with van der Waals surface area (Å²) in [5, 5.41) is 3.55. The molecule has 1 aliphatic heterocycles. The Bertz CT molecular complexity index is 445. The molecule has 3 nitrogen and oxygen atoms in total. The Morgan fingerprint density at radius 2 is 2.14 bits per heavy atom. The van der Waals surface area contributed by atoms with Crippen LogP contribution >= 0.6 is 0 Å². The number of ether oxygens (including phenoxy) is 1. The summed E-state index contributed by atoms with van der Waals surface area (Å²) in [6, 6.07) is 6.66. The third kappa shape index (κ3) is 5.42. The average Bonchev–Trinajstić information content (AvgIpc) is 2.41. The van der Waals surface area contributed by atoms with Gasteiger partial charge in [-0.2, -0.15) is 0 Å². The van der Waals surface area contributed by atoms with Gasteiger partial charge in [0, 0.05) is 32.7 Å². The fourth-order valence-electron chi connectivity index (χ4n) is 3.00. The minimum absolute atomic E-state index is 0.322. The molecule has 0 saturated carbocycles. The molecule has 1 aliphatic rings. The van der Waals surface area contributed by atoms with E-state index in [1.54, 1.807) is 0 Å². The van der Waals surface area contributed by atoms with Crippen LogP contribution in [0.5, 0.6) is 0 Å².